The molecular weight excluding hydrogens is 429 g/mol. The van der Waals surface area contributed by atoms with Gasteiger partial charge in [0, 0.05) is 0 Å². The Morgan fingerprint density at radius 2 is 1.13 bits per heavy atom. The van der Waals surface area contributed by atoms with Gasteiger partial charge in [-0.3, -0.25) is 0 Å². The molecule has 0 spiro atoms. The summed E-state index contributed by atoms with van der Waals surface area (Å²) < 4.78 is 0. The Labute approximate surface area is 151 Å². The molecule has 1 aliphatic rings. The molecule has 0 saturated carbocycles. The summed E-state index contributed by atoms with van der Waals surface area (Å²) in [5.74, 6) is 0. The number of rotatable bonds is 1. The van der Waals surface area contributed by atoms with Crippen molar-refractivity contribution in [2.45, 2.75) is 10.6 Å². The molecule has 0 radical (unpaired) electrons. The van der Waals surface area contributed by atoms with E-state index >= 15 is 0 Å². The maximum absolute atomic E-state index is 3.71. The number of fused-ring (bicyclic) bond motifs is 2. The molecular formula is C20H17PSe2. The van der Waals surface area contributed by atoms with Gasteiger partial charge in [0.15, 0.2) is 0 Å². The van der Waals surface area contributed by atoms with Crippen LogP contribution in [0, 0.1) is 0 Å². The molecule has 0 amide bonds. The second-order valence-corrected chi connectivity index (χ2v) is 13.9. The average molecular weight is 446 g/mol. The second-order valence-electron chi connectivity index (χ2n) is 5.70. The second kappa shape index (κ2) is 6.56. The van der Waals surface area contributed by atoms with Gasteiger partial charge in [-0.2, -0.15) is 0 Å². The van der Waals surface area contributed by atoms with Crippen molar-refractivity contribution in [3.05, 3.63) is 90.0 Å². The molecule has 0 N–H and O–H groups in total. The van der Waals surface area contributed by atoms with Crippen LogP contribution >= 0.6 is 5.51 Å². The molecule has 1 heterocycles. The molecule has 3 heteroatoms. The van der Waals surface area contributed by atoms with Gasteiger partial charge in [0.1, 0.15) is 0 Å². The fourth-order valence-electron chi connectivity index (χ4n) is 3.20. The van der Waals surface area contributed by atoms with Gasteiger partial charge < -0.3 is 0 Å². The Morgan fingerprint density at radius 3 is 1.70 bits per heavy atom. The Bertz CT molecular complexity index is 835. The third-order valence-electron chi connectivity index (χ3n) is 4.30. The van der Waals surface area contributed by atoms with Crippen LogP contribution in [0.2, 0.25) is 0 Å². The molecule has 0 fully saturated rings. The molecule has 0 saturated heterocycles. The van der Waals surface area contributed by atoms with E-state index in [9.17, 15) is 0 Å². The van der Waals surface area contributed by atoms with Crippen LogP contribution in [0.25, 0.3) is 0 Å². The van der Waals surface area contributed by atoms with Crippen molar-refractivity contribution in [3.8, 4) is 0 Å². The zero-order valence-corrected chi connectivity index (χ0v) is 17.0. The summed E-state index contributed by atoms with van der Waals surface area (Å²) in [4.78, 5) is 0. The summed E-state index contributed by atoms with van der Waals surface area (Å²) in [5, 5.41) is 6.96. The standard InChI is InChI=1S/C20H17PSe2/c22-21(18-10-2-1-3-11-18)19-12-6-4-8-16(19)14-23-15-17-9-5-7-13-20(17)21/h1-13H,14-15H2. The first-order valence-corrected chi connectivity index (χ1v) is 14.1. The Morgan fingerprint density at radius 1 is 0.652 bits per heavy atom. The Balaban J connectivity index is 2.09. The van der Waals surface area contributed by atoms with E-state index in [-0.39, 0.29) is 0 Å². The van der Waals surface area contributed by atoms with E-state index < -0.39 is 5.51 Å². The van der Waals surface area contributed by atoms with Crippen molar-refractivity contribution in [2.24, 2.45) is 0 Å². The van der Waals surface area contributed by atoms with Crippen LogP contribution in [0.4, 0.5) is 0 Å². The van der Waals surface area contributed by atoms with Crippen LogP contribution < -0.4 is 15.9 Å². The van der Waals surface area contributed by atoms with Crippen LogP contribution in [0.3, 0.4) is 0 Å². The molecule has 0 bridgehead atoms. The van der Waals surface area contributed by atoms with Crippen molar-refractivity contribution in [1.82, 2.24) is 0 Å². The van der Waals surface area contributed by atoms with Crippen LogP contribution in [-0.4, -0.2) is 30.1 Å². The van der Waals surface area contributed by atoms with E-state index in [4.69, 9.17) is 0 Å². The van der Waals surface area contributed by atoms with Gasteiger partial charge in [0.05, 0.1) is 0 Å². The Kier molecular flexibility index (Phi) is 4.46. The minimum absolute atomic E-state index is 0.633. The molecule has 4 rings (SSSR count). The molecule has 0 nitrogen and oxygen atoms in total. The van der Waals surface area contributed by atoms with Crippen molar-refractivity contribution in [3.63, 3.8) is 0 Å². The molecule has 3 aromatic carbocycles. The van der Waals surface area contributed by atoms with Crippen LogP contribution in [-0.2, 0) is 10.6 Å². The van der Waals surface area contributed by atoms with E-state index in [1.54, 1.807) is 0 Å². The van der Waals surface area contributed by atoms with Gasteiger partial charge in [0.2, 0.25) is 0 Å². The van der Waals surface area contributed by atoms with Gasteiger partial charge >= 0.3 is 152 Å². The number of hydrogen-bond acceptors (Lipinski definition) is 0. The first-order valence-electron chi connectivity index (χ1n) is 7.70. The normalized spacial score (nSPS) is 15.8. The van der Waals surface area contributed by atoms with E-state index in [1.807, 2.05) is 0 Å². The molecule has 3 aromatic rings. The van der Waals surface area contributed by atoms with Gasteiger partial charge in [0.25, 0.3) is 0 Å². The predicted molar refractivity (Wildman–Crippen MR) is 104 cm³/mol. The fraction of sp³-hybridized carbons (Fsp3) is 0.100. The molecule has 23 heavy (non-hydrogen) atoms. The summed E-state index contributed by atoms with van der Waals surface area (Å²) in [6.07, 6.45) is 0. The van der Waals surface area contributed by atoms with Crippen molar-refractivity contribution in [1.29, 1.82) is 0 Å². The van der Waals surface area contributed by atoms with Crippen molar-refractivity contribution >= 4 is 51.5 Å². The molecule has 0 aliphatic carbocycles. The monoisotopic (exact) mass is 448 g/mol. The molecule has 114 valence electrons. The van der Waals surface area contributed by atoms with Crippen LogP contribution in [0.15, 0.2) is 78.9 Å². The summed E-state index contributed by atoms with van der Waals surface area (Å²) >= 11 is 4.34. The SMILES string of the molecule is [Se]=P1(c2ccccc2)c2ccccc2C[Se]Cc2ccccc21. The molecule has 1 aliphatic heterocycles. The minimum atomic E-state index is -1.68. The quantitative estimate of drug-likeness (QED) is 0.399. The average Bonchev–Trinajstić information content (AvgIpc) is 2.61. The van der Waals surface area contributed by atoms with E-state index in [0.717, 1.165) is 0 Å². The zero-order chi connectivity index (χ0) is 15.7. The molecule has 0 unspecified atom stereocenters. The third-order valence-corrected chi connectivity index (χ3v) is 13.5. The first kappa shape index (κ1) is 15.6. The summed E-state index contributed by atoms with van der Waals surface area (Å²) in [5.41, 5.74) is 1.40. The summed E-state index contributed by atoms with van der Waals surface area (Å²) in [6.45, 7) is 0. The van der Waals surface area contributed by atoms with Gasteiger partial charge in [-0.05, 0) is 0 Å². The van der Waals surface area contributed by atoms with E-state index in [1.165, 1.54) is 37.7 Å². The van der Waals surface area contributed by atoms with Crippen molar-refractivity contribution in [2.75, 3.05) is 0 Å². The zero-order valence-electron chi connectivity index (χ0n) is 12.7. The van der Waals surface area contributed by atoms with E-state index in [0.29, 0.717) is 15.0 Å². The summed E-state index contributed by atoms with van der Waals surface area (Å²) in [7, 11) is 0. The van der Waals surface area contributed by atoms with E-state index in [2.05, 4.69) is 94.0 Å². The van der Waals surface area contributed by atoms with Crippen LogP contribution in [0.1, 0.15) is 11.1 Å². The maximum atomic E-state index is 3.71. The van der Waals surface area contributed by atoms with Crippen molar-refractivity contribution < 1.29 is 0 Å². The third kappa shape index (κ3) is 2.74. The first-order chi connectivity index (χ1) is 11.3. The van der Waals surface area contributed by atoms with Gasteiger partial charge in [-0.15, -0.1) is 0 Å². The van der Waals surface area contributed by atoms with Gasteiger partial charge in [-0.1, -0.05) is 0 Å². The fourth-order valence-corrected chi connectivity index (χ4v) is 12.0. The van der Waals surface area contributed by atoms with Gasteiger partial charge in [-0.25, -0.2) is 0 Å². The number of benzene rings is 3. The Hall–Kier alpha value is -0.871. The van der Waals surface area contributed by atoms with Crippen LogP contribution in [0.5, 0.6) is 0 Å². The number of hydrogen-bond donors (Lipinski definition) is 0. The topological polar surface area (TPSA) is 0 Å². The summed E-state index contributed by atoms with van der Waals surface area (Å²) in [6, 6.07) is 29.2. The predicted octanol–water partition coefficient (Wildman–Crippen LogP) is 2.78. The molecule has 0 aromatic heterocycles. The molecule has 0 atom stereocenters.